The molecular weight excluding hydrogens is 310 g/mol. The van der Waals surface area contributed by atoms with Crippen LogP contribution in [0, 0.1) is 11.8 Å². The number of rotatable bonds is 1. The van der Waals surface area contributed by atoms with Crippen LogP contribution in [0.3, 0.4) is 0 Å². The molecule has 1 N–H and O–H groups in total. The number of hydrogen-bond acceptors (Lipinski definition) is 1. The minimum absolute atomic E-state index is 0.108. The van der Waals surface area contributed by atoms with E-state index in [1.54, 1.807) is 6.07 Å². The van der Waals surface area contributed by atoms with Crippen molar-refractivity contribution in [3.8, 4) is 0 Å². The molecule has 1 saturated carbocycles. The Morgan fingerprint density at radius 3 is 2.90 bits per heavy atom. The summed E-state index contributed by atoms with van der Waals surface area (Å²) < 4.78 is 96.7. The molecule has 0 amide bonds. The summed E-state index contributed by atoms with van der Waals surface area (Å²) in [4.78, 5) is 0. The molecule has 1 aromatic carbocycles. The zero-order valence-corrected chi connectivity index (χ0v) is 12.1. The van der Waals surface area contributed by atoms with Gasteiger partial charge in [-0.2, -0.15) is 0 Å². The molecular formula is C18H20BrN. The molecule has 1 nitrogen and oxygen atoms in total. The van der Waals surface area contributed by atoms with E-state index in [0.29, 0.717) is 0 Å². The van der Waals surface area contributed by atoms with E-state index < -0.39 is 49.2 Å². The largest absolute Gasteiger partial charge is 0.385 e. The fourth-order valence-electron chi connectivity index (χ4n) is 2.49. The Labute approximate surface area is 144 Å². The van der Waals surface area contributed by atoms with Crippen molar-refractivity contribution in [2.45, 2.75) is 37.4 Å². The van der Waals surface area contributed by atoms with E-state index in [4.69, 9.17) is 15.1 Å². The Morgan fingerprint density at radius 2 is 2.05 bits per heavy atom. The highest BCUT2D eigenvalue weighted by Crippen LogP contribution is 2.48. The Bertz CT molecular complexity index is 1010. The summed E-state index contributed by atoms with van der Waals surface area (Å²) in [6.45, 7) is 0. The molecule has 2 aliphatic carbocycles. The fraction of sp³-hybridized carbons (Fsp3) is 0.444. The number of benzene rings is 1. The van der Waals surface area contributed by atoms with E-state index in [0.717, 1.165) is 0 Å². The summed E-state index contributed by atoms with van der Waals surface area (Å²) in [7, 11) is 0. The summed E-state index contributed by atoms with van der Waals surface area (Å²) in [5, 5.41) is 2.64. The Balaban J connectivity index is 2.08. The minimum atomic E-state index is -3.31. The van der Waals surface area contributed by atoms with Crippen molar-refractivity contribution in [2.75, 3.05) is 0 Å². The summed E-state index contributed by atoms with van der Waals surface area (Å²) >= 11 is 3.04. The monoisotopic (exact) mass is 340 g/mol. The van der Waals surface area contributed by atoms with Crippen LogP contribution in [0.5, 0.6) is 0 Å². The maximum atomic E-state index is 9.14. The lowest BCUT2D eigenvalue weighted by Crippen LogP contribution is -2.33. The van der Waals surface area contributed by atoms with E-state index >= 15 is 0 Å². The molecule has 104 valence electrons. The lowest BCUT2D eigenvalue weighted by Gasteiger charge is -2.33. The molecule has 2 fully saturated rings. The number of allylic oxidation sites excluding steroid dienone is 4. The summed E-state index contributed by atoms with van der Waals surface area (Å²) in [5.74, 6) is -8.47. The quantitative estimate of drug-likeness (QED) is 0.779. The van der Waals surface area contributed by atoms with Crippen LogP contribution < -0.4 is 5.32 Å². The average molecular weight is 341 g/mol. The first-order chi connectivity index (χ1) is 14.0. The molecule has 0 bridgehead atoms. The first-order valence-corrected chi connectivity index (χ1v) is 7.17. The van der Waals surface area contributed by atoms with Crippen LogP contribution in [0.4, 0.5) is 0 Å². The molecule has 2 heteroatoms. The molecule has 0 spiro atoms. The van der Waals surface area contributed by atoms with Crippen molar-refractivity contribution in [3.05, 3.63) is 58.2 Å². The van der Waals surface area contributed by atoms with Crippen LogP contribution in [0.15, 0.2) is 52.7 Å². The van der Waals surface area contributed by atoms with E-state index in [1.165, 1.54) is 36.4 Å². The SMILES string of the molecule is [2H]C1([2H])C(Br)=CC=C2NC3C([2H])([2H])C([2H])(c4ccccc4)C([2H])([2H])C([2H])([2H])C3([2H])C21[2H]. The van der Waals surface area contributed by atoms with Gasteiger partial charge in [-0.05, 0) is 53.4 Å². The third kappa shape index (κ3) is 2.14. The van der Waals surface area contributed by atoms with Gasteiger partial charge in [0, 0.05) is 32.7 Å². The van der Waals surface area contributed by atoms with Crippen LogP contribution in [-0.2, 0) is 0 Å². The van der Waals surface area contributed by atoms with Crippen LogP contribution in [0.2, 0.25) is 0 Å². The normalized spacial score (nSPS) is 64.7. The van der Waals surface area contributed by atoms with Crippen molar-refractivity contribution >= 4 is 15.9 Å². The van der Waals surface area contributed by atoms with Gasteiger partial charge in [0.15, 0.2) is 0 Å². The van der Waals surface area contributed by atoms with Crippen LogP contribution in [0.25, 0.3) is 0 Å². The van der Waals surface area contributed by atoms with Gasteiger partial charge in [0.1, 0.15) is 0 Å². The molecule has 4 atom stereocenters. The molecule has 0 aromatic heterocycles. The van der Waals surface area contributed by atoms with Crippen LogP contribution in [-0.4, -0.2) is 6.04 Å². The van der Waals surface area contributed by atoms with Gasteiger partial charge in [-0.25, -0.2) is 0 Å². The van der Waals surface area contributed by atoms with E-state index in [-0.39, 0.29) is 15.7 Å². The molecule has 1 saturated heterocycles. The average Bonchev–Trinajstić information content (AvgIpc) is 2.95. The molecule has 0 radical (unpaired) electrons. The molecule has 1 aromatic rings. The second-order valence-electron chi connectivity index (χ2n) is 4.72. The van der Waals surface area contributed by atoms with Crippen LogP contribution in [0.1, 0.15) is 52.0 Å². The number of nitrogens with one attached hydrogen (secondary N) is 1. The van der Waals surface area contributed by atoms with Crippen molar-refractivity contribution in [2.24, 2.45) is 11.8 Å². The van der Waals surface area contributed by atoms with E-state index in [2.05, 4.69) is 21.2 Å². The number of hydrogen-bond donors (Lipinski definition) is 1. The fourth-order valence-corrected chi connectivity index (χ4v) is 2.82. The first-order valence-electron chi connectivity index (χ1n) is 11.9. The number of fused-ring (bicyclic) bond motifs is 3. The van der Waals surface area contributed by atoms with Gasteiger partial charge in [0.2, 0.25) is 0 Å². The highest BCUT2D eigenvalue weighted by atomic mass is 79.9. The third-order valence-corrected chi connectivity index (χ3v) is 3.90. The zero-order valence-electron chi connectivity index (χ0n) is 21.5. The summed E-state index contributed by atoms with van der Waals surface area (Å²) in [6.07, 6.45) is -9.59. The van der Waals surface area contributed by atoms with Crippen molar-refractivity contribution in [1.29, 1.82) is 0 Å². The van der Waals surface area contributed by atoms with Gasteiger partial charge in [-0.1, -0.05) is 52.3 Å². The second kappa shape index (κ2) is 5.07. The Kier molecular flexibility index (Phi) is 1.43. The van der Waals surface area contributed by atoms with Crippen molar-refractivity contribution in [1.82, 2.24) is 5.32 Å². The predicted octanol–water partition coefficient (Wildman–Crippen LogP) is 4.72. The van der Waals surface area contributed by atoms with Gasteiger partial charge in [-0.3, -0.25) is 0 Å². The lowest BCUT2D eigenvalue weighted by atomic mass is 9.72. The maximum absolute atomic E-state index is 9.14. The van der Waals surface area contributed by atoms with Crippen LogP contribution >= 0.6 is 15.9 Å². The van der Waals surface area contributed by atoms with Crippen molar-refractivity contribution in [3.63, 3.8) is 0 Å². The molecule has 4 unspecified atom stereocenters. The molecule has 1 heterocycles. The van der Waals surface area contributed by atoms with Gasteiger partial charge in [0.05, 0.1) is 0 Å². The smallest absolute Gasteiger partial charge is 0.0375 e. The predicted molar refractivity (Wildman–Crippen MR) is 86.6 cm³/mol. The highest BCUT2D eigenvalue weighted by Gasteiger charge is 2.43. The first kappa shape index (κ1) is 5.64. The van der Waals surface area contributed by atoms with E-state index in [1.807, 2.05) is 0 Å². The highest BCUT2D eigenvalue weighted by molar-refractivity contribution is 9.11. The maximum Gasteiger partial charge on any atom is 0.0375 e. The molecule has 1 aliphatic heterocycles. The van der Waals surface area contributed by atoms with Gasteiger partial charge >= 0.3 is 0 Å². The summed E-state index contributed by atoms with van der Waals surface area (Å²) in [5.41, 5.74) is -0.329. The Hall–Kier alpha value is -1.02. The lowest BCUT2D eigenvalue weighted by molar-refractivity contribution is 0.254. The topological polar surface area (TPSA) is 12.0 Å². The van der Waals surface area contributed by atoms with Gasteiger partial charge in [-0.15, -0.1) is 0 Å². The van der Waals surface area contributed by atoms with E-state index in [9.17, 15) is 0 Å². The van der Waals surface area contributed by atoms with Crippen molar-refractivity contribution < 1.29 is 15.1 Å². The van der Waals surface area contributed by atoms with Gasteiger partial charge < -0.3 is 5.32 Å². The zero-order chi connectivity index (χ0) is 23.5. The molecule has 20 heavy (non-hydrogen) atoms. The third-order valence-electron chi connectivity index (χ3n) is 3.44. The summed E-state index contributed by atoms with van der Waals surface area (Å²) in [6, 6.07) is 5.38. The molecule has 4 rings (SSSR count). The minimum Gasteiger partial charge on any atom is -0.385 e. The number of halogens is 1. The van der Waals surface area contributed by atoms with Gasteiger partial charge in [0.25, 0.3) is 0 Å². The molecule has 3 aliphatic rings. The second-order valence-corrected chi connectivity index (χ2v) is 5.58. The Morgan fingerprint density at radius 1 is 1.20 bits per heavy atom. The standard InChI is InChI=1S/C18H20BrN/c19-14-7-9-17-16(11-14)15-8-6-13(10-18(15)20-17)12-4-2-1-3-5-12/h1-5,7,9,13,15-16,18,20H,6,8,10-11H2/i6D2,8D2,10D2,11D2,13D,15D,16D.